The van der Waals surface area contributed by atoms with E-state index in [9.17, 15) is 19.5 Å². The number of carbonyl (C=O) groups excluding carboxylic acids is 3. The van der Waals surface area contributed by atoms with Crippen molar-refractivity contribution in [1.82, 2.24) is 4.90 Å². The summed E-state index contributed by atoms with van der Waals surface area (Å²) in [4.78, 5) is 39.0. The third kappa shape index (κ3) is 4.82. The van der Waals surface area contributed by atoms with Gasteiger partial charge < -0.3 is 14.7 Å². The lowest BCUT2D eigenvalue weighted by atomic mass is 9.79. The first-order valence-electron chi connectivity index (χ1n) is 9.92. The molecule has 2 atom stereocenters. The number of allylic oxidation sites excluding steroid dienone is 6. The molecule has 0 fully saturated rings. The maximum atomic E-state index is 13.0. The predicted octanol–water partition coefficient (Wildman–Crippen LogP) is 3.58. The zero-order valence-corrected chi connectivity index (χ0v) is 18.7. The number of esters is 1. The van der Waals surface area contributed by atoms with Gasteiger partial charge in [0.05, 0.1) is 11.6 Å². The van der Waals surface area contributed by atoms with E-state index < -0.39 is 23.1 Å². The second kappa shape index (κ2) is 9.58. The fourth-order valence-corrected chi connectivity index (χ4v) is 3.66. The SMILES string of the molecule is CC[C@H](C)/C=C(C)/C=C/C1=CC2=C(Cl)C(=O)[C@](C)(OC(C)=O)C(=O)C2=CN1CCO. The summed E-state index contributed by atoms with van der Waals surface area (Å²) in [5.41, 5.74) is 0.200. The molecule has 0 amide bonds. The first kappa shape index (κ1) is 23.8. The van der Waals surface area contributed by atoms with Crippen molar-refractivity contribution in [3.63, 3.8) is 0 Å². The second-order valence-corrected chi connectivity index (χ2v) is 8.05. The molecule has 30 heavy (non-hydrogen) atoms. The molecular formula is C23H28ClNO5. The van der Waals surface area contributed by atoms with E-state index in [0.717, 1.165) is 18.9 Å². The maximum absolute atomic E-state index is 13.0. The Bertz CT molecular complexity index is 909. The number of ether oxygens (including phenoxy) is 1. The number of hydrogen-bond acceptors (Lipinski definition) is 6. The van der Waals surface area contributed by atoms with Crippen LogP contribution in [0.25, 0.3) is 0 Å². The minimum absolute atomic E-state index is 0.141. The third-order valence-electron chi connectivity index (χ3n) is 5.14. The normalized spacial score (nSPS) is 23.4. The summed E-state index contributed by atoms with van der Waals surface area (Å²) in [6.07, 6.45) is 10.2. The van der Waals surface area contributed by atoms with Crippen molar-refractivity contribution in [3.8, 4) is 0 Å². The zero-order valence-electron chi connectivity index (χ0n) is 18.0. The Labute approximate surface area is 182 Å². The standard InChI is InChI=1S/C23H28ClNO5/c1-6-14(2)11-15(3)7-8-17-12-18-19(13-25(17)9-10-26)21(28)23(5,30-16(4)27)22(29)20(18)24/h7-8,11-14,26H,6,9-10H2,1-5H3/b8-7+,15-11+/t14-,23+/m0/s1. The van der Waals surface area contributed by atoms with Gasteiger partial charge >= 0.3 is 5.97 Å². The highest BCUT2D eigenvalue weighted by atomic mass is 35.5. The van der Waals surface area contributed by atoms with E-state index in [0.29, 0.717) is 11.6 Å². The van der Waals surface area contributed by atoms with Crippen molar-refractivity contribution in [1.29, 1.82) is 0 Å². The molecule has 0 aromatic rings. The van der Waals surface area contributed by atoms with Crippen LogP contribution in [-0.2, 0) is 19.1 Å². The van der Waals surface area contributed by atoms with Crippen LogP contribution < -0.4 is 0 Å². The van der Waals surface area contributed by atoms with Crippen molar-refractivity contribution >= 4 is 29.1 Å². The molecule has 0 aromatic heterocycles. The fourth-order valence-electron chi connectivity index (χ4n) is 3.33. The first-order chi connectivity index (χ1) is 14.0. The van der Waals surface area contributed by atoms with Gasteiger partial charge in [-0.05, 0) is 31.9 Å². The van der Waals surface area contributed by atoms with E-state index in [1.165, 1.54) is 13.1 Å². The summed E-state index contributed by atoms with van der Waals surface area (Å²) in [5, 5.41) is 9.30. The average Bonchev–Trinajstić information content (AvgIpc) is 2.69. The number of carbonyl (C=O) groups is 3. The molecule has 1 aliphatic heterocycles. The Morgan fingerprint density at radius 2 is 2.00 bits per heavy atom. The molecule has 0 spiro atoms. The van der Waals surface area contributed by atoms with Gasteiger partial charge in [0.1, 0.15) is 0 Å². The molecule has 6 nitrogen and oxygen atoms in total. The quantitative estimate of drug-likeness (QED) is 0.375. The van der Waals surface area contributed by atoms with Crippen LogP contribution in [0.2, 0.25) is 0 Å². The number of rotatable bonds is 7. The van der Waals surface area contributed by atoms with E-state index in [4.69, 9.17) is 16.3 Å². The van der Waals surface area contributed by atoms with Crippen LogP contribution in [0.15, 0.2) is 58.0 Å². The van der Waals surface area contributed by atoms with Crippen molar-refractivity contribution in [2.75, 3.05) is 13.2 Å². The number of aliphatic hydroxyl groups is 1. The van der Waals surface area contributed by atoms with Gasteiger partial charge in [-0.2, -0.15) is 0 Å². The molecule has 0 saturated carbocycles. The lowest BCUT2D eigenvalue weighted by Crippen LogP contribution is -2.52. The second-order valence-electron chi connectivity index (χ2n) is 7.67. The van der Waals surface area contributed by atoms with Crippen LogP contribution in [0.5, 0.6) is 0 Å². The molecule has 0 saturated heterocycles. The summed E-state index contributed by atoms with van der Waals surface area (Å²) < 4.78 is 5.06. The van der Waals surface area contributed by atoms with Gasteiger partial charge in [0.15, 0.2) is 0 Å². The van der Waals surface area contributed by atoms with Crippen molar-refractivity contribution in [2.45, 2.75) is 46.6 Å². The molecule has 2 rings (SSSR count). The van der Waals surface area contributed by atoms with E-state index in [2.05, 4.69) is 19.9 Å². The van der Waals surface area contributed by atoms with Gasteiger partial charge in [0.25, 0.3) is 0 Å². The van der Waals surface area contributed by atoms with Crippen LogP contribution in [0.3, 0.4) is 0 Å². The van der Waals surface area contributed by atoms with E-state index in [-0.39, 0.29) is 29.3 Å². The summed E-state index contributed by atoms with van der Waals surface area (Å²) in [6, 6.07) is 0. The molecule has 2 aliphatic rings. The Kier molecular flexibility index (Phi) is 7.61. The predicted molar refractivity (Wildman–Crippen MR) is 115 cm³/mol. The maximum Gasteiger partial charge on any atom is 0.304 e. The van der Waals surface area contributed by atoms with Gasteiger partial charge in [-0.25, -0.2) is 0 Å². The van der Waals surface area contributed by atoms with Gasteiger partial charge in [-0.1, -0.05) is 49.6 Å². The highest BCUT2D eigenvalue weighted by molar-refractivity contribution is 6.49. The molecule has 0 unspecified atom stereocenters. The summed E-state index contributed by atoms with van der Waals surface area (Å²) >= 11 is 6.31. The number of Topliss-reactive ketones (excluding diaryl/α,β-unsaturated/α-hetero) is 2. The van der Waals surface area contributed by atoms with Crippen LogP contribution >= 0.6 is 11.6 Å². The first-order valence-corrected chi connectivity index (χ1v) is 10.3. The minimum atomic E-state index is -2.00. The molecule has 0 aromatic carbocycles. The molecule has 1 heterocycles. The molecule has 0 bridgehead atoms. The number of aliphatic hydroxyl groups excluding tert-OH is 1. The summed E-state index contributed by atoms with van der Waals surface area (Å²) in [5.74, 6) is -1.70. The van der Waals surface area contributed by atoms with Crippen LogP contribution in [0, 0.1) is 5.92 Å². The number of nitrogens with zero attached hydrogens (tertiary/aromatic N) is 1. The van der Waals surface area contributed by atoms with E-state index in [1.54, 1.807) is 11.0 Å². The van der Waals surface area contributed by atoms with Gasteiger partial charge in [0, 0.05) is 36.5 Å². The largest absolute Gasteiger partial charge is 0.443 e. The minimum Gasteiger partial charge on any atom is -0.443 e. The number of hydrogen-bond donors (Lipinski definition) is 1. The Balaban J connectivity index is 2.52. The van der Waals surface area contributed by atoms with E-state index >= 15 is 0 Å². The molecule has 7 heteroatoms. The van der Waals surface area contributed by atoms with Gasteiger partial charge in [-0.15, -0.1) is 0 Å². The summed E-state index contributed by atoms with van der Waals surface area (Å²) in [7, 11) is 0. The van der Waals surface area contributed by atoms with Gasteiger partial charge in [0.2, 0.25) is 17.2 Å². The number of fused-ring (bicyclic) bond motifs is 1. The molecule has 0 radical (unpaired) electrons. The highest BCUT2D eigenvalue weighted by Crippen LogP contribution is 2.39. The third-order valence-corrected chi connectivity index (χ3v) is 5.52. The topological polar surface area (TPSA) is 83.9 Å². The summed E-state index contributed by atoms with van der Waals surface area (Å²) in [6.45, 7) is 8.72. The highest BCUT2D eigenvalue weighted by Gasteiger charge is 2.52. The molecule has 162 valence electrons. The molecular weight excluding hydrogens is 406 g/mol. The molecule has 1 N–H and O–H groups in total. The number of ketones is 2. The Morgan fingerprint density at radius 3 is 2.57 bits per heavy atom. The average molecular weight is 434 g/mol. The van der Waals surface area contributed by atoms with Crippen molar-refractivity contribution in [2.24, 2.45) is 5.92 Å². The van der Waals surface area contributed by atoms with Crippen molar-refractivity contribution < 1.29 is 24.2 Å². The lowest BCUT2D eigenvalue weighted by Gasteiger charge is -2.35. The lowest BCUT2D eigenvalue weighted by molar-refractivity contribution is -0.167. The van der Waals surface area contributed by atoms with Crippen LogP contribution in [0.4, 0.5) is 0 Å². The molecule has 1 aliphatic carbocycles. The van der Waals surface area contributed by atoms with Gasteiger partial charge in [-0.3, -0.25) is 14.4 Å². The zero-order chi connectivity index (χ0) is 22.6. The van der Waals surface area contributed by atoms with Crippen molar-refractivity contribution in [3.05, 3.63) is 58.0 Å². The van der Waals surface area contributed by atoms with E-state index in [1.807, 2.05) is 19.1 Å². The Morgan fingerprint density at radius 1 is 1.33 bits per heavy atom. The van der Waals surface area contributed by atoms with Crippen LogP contribution in [0.1, 0.15) is 41.0 Å². The number of halogens is 1. The number of β-amino-alcohol motifs (C(OH)–C–C–N with tert-alkyl or cyclic N) is 1. The smallest absolute Gasteiger partial charge is 0.304 e. The van der Waals surface area contributed by atoms with Crippen LogP contribution in [-0.4, -0.2) is 46.3 Å². The Hall–Kier alpha value is -2.44. The fraction of sp³-hybridized carbons (Fsp3) is 0.435. The monoisotopic (exact) mass is 433 g/mol.